The van der Waals surface area contributed by atoms with Crippen molar-refractivity contribution in [2.75, 3.05) is 19.5 Å². The zero-order valence-corrected chi connectivity index (χ0v) is 13.7. The van der Waals surface area contributed by atoms with Gasteiger partial charge in [0.2, 0.25) is 5.91 Å². The normalized spacial score (nSPS) is 11.0. The van der Waals surface area contributed by atoms with Crippen molar-refractivity contribution in [3.63, 3.8) is 0 Å². The standard InChI is InChI=1S/C16H15F3N4O3/c1-25-13-6-10(2-4-12(13)26-9-16(17,18)19)3-5-14(24)23-15(21)11(7-20)8-22-23/h2,4,6,8H,3,5,9,21H2,1H3. The lowest BCUT2D eigenvalue weighted by Crippen LogP contribution is -2.19. The lowest BCUT2D eigenvalue weighted by Gasteiger charge is -2.13. The highest BCUT2D eigenvalue weighted by Crippen LogP contribution is 2.30. The van der Waals surface area contributed by atoms with Crippen LogP contribution in [-0.2, 0) is 6.42 Å². The van der Waals surface area contributed by atoms with Crippen LogP contribution in [0.4, 0.5) is 19.0 Å². The third-order valence-electron chi connectivity index (χ3n) is 3.41. The molecule has 1 aromatic heterocycles. The van der Waals surface area contributed by atoms with Crippen LogP contribution in [0, 0.1) is 11.3 Å². The number of nitriles is 1. The van der Waals surface area contributed by atoms with Crippen LogP contribution >= 0.6 is 0 Å². The van der Waals surface area contributed by atoms with E-state index >= 15 is 0 Å². The van der Waals surface area contributed by atoms with E-state index in [1.807, 2.05) is 6.07 Å². The lowest BCUT2D eigenvalue weighted by molar-refractivity contribution is -0.153. The second kappa shape index (κ2) is 7.77. The number of carbonyl (C=O) groups excluding carboxylic acids is 1. The maximum absolute atomic E-state index is 12.2. The van der Waals surface area contributed by atoms with Gasteiger partial charge in [-0.2, -0.15) is 28.2 Å². The minimum Gasteiger partial charge on any atom is -0.493 e. The molecular weight excluding hydrogens is 353 g/mol. The minimum atomic E-state index is -4.46. The predicted molar refractivity (Wildman–Crippen MR) is 84.8 cm³/mol. The Morgan fingerprint density at radius 1 is 1.38 bits per heavy atom. The smallest absolute Gasteiger partial charge is 0.422 e. The number of alkyl halides is 3. The van der Waals surface area contributed by atoms with Gasteiger partial charge in [0.05, 0.1) is 13.3 Å². The van der Waals surface area contributed by atoms with Crippen molar-refractivity contribution in [2.45, 2.75) is 19.0 Å². The van der Waals surface area contributed by atoms with Gasteiger partial charge >= 0.3 is 6.18 Å². The molecule has 2 N–H and O–H groups in total. The summed E-state index contributed by atoms with van der Waals surface area (Å²) >= 11 is 0. The lowest BCUT2D eigenvalue weighted by atomic mass is 10.1. The van der Waals surface area contributed by atoms with E-state index < -0.39 is 18.7 Å². The average Bonchev–Trinajstić information content (AvgIpc) is 2.98. The largest absolute Gasteiger partial charge is 0.493 e. The first-order valence-electron chi connectivity index (χ1n) is 7.38. The fourth-order valence-electron chi connectivity index (χ4n) is 2.15. The van der Waals surface area contributed by atoms with Gasteiger partial charge in [-0.3, -0.25) is 4.79 Å². The molecule has 0 saturated carbocycles. The van der Waals surface area contributed by atoms with Gasteiger partial charge in [-0.05, 0) is 24.1 Å². The number of halogens is 3. The number of aromatic nitrogens is 2. The molecule has 0 aliphatic rings. The SMILES string of the molecule is COc1cc(CCC(=O)n2ncc(C#N)c2N)ccc1OCC(F)(F)F. The number of carbonyl (C=O) groups is 1. The Hall–Kier alpha value is -3.22. The summed E-state index contributed by atoms with van der Waals surface area (Å²) in [4.78, 5) is 12.1. The molecule has 0 fully saturated rings. The third-order valence-corrected chi connectivity index (χ3v) is 3.41. The van der Waals surface area contributed by atoms with Crippen molar-refractivity contribution in [1.29, 1.82) is 5.26 Å². The number of benzene rings is 1. The van der Waals surface area contributed by atoms with Gasteiger partial charge in [0.15, 0.2) is 18.1 Å². The van der Waals surface area contributed by atoms with Crippen LogP contribution in [0.1, 0.15) is 22.3 Å². The second-order valence-electron chi connectivity index (χ2n) is 5.25. The van der Waals surface area contributed by atoms with Crippen molar-refractivity contribution in [3.8, 4) is 17.6 Å². The van der Waals surface area contributed by atoms with Gasteiger partial charge in [0.25, 0.3) is 0 Å². The van der Waals surface area contributed by atoms with E-state index in [-0.39, 0.29) is 35.7 Å². The first-order valence-corrected chi connectivity index (χ1v) is 7.38. The molecule has 0 amide bonds. The third kappa shape index (κ3) is 4.66. The van der Waals surface area contributed by atoms with Gasteiger partial charge in [0, 0.05) is 6.42 Å². The molecule has 0 spiro atoms. The molecule has 0 aliphatic carbocycles. The number of aryl methyl sites for hydroxylation is 1. The van der Waals surface area contributed by atoms with Crippen LogP contribution in [0.5, 0.6) is 11.5 Å². The summed E-state index contributed by atoms with van der Waals surface area (Å²) in [5.74, 6) is -0.370. The quantitative estimate of drug-likeness (QED) is 0.840. The fraction of sp³-hybridized carbons (Fsp3) is 0.312. The summed E-state index contributed by atoms with van der Waals surface area (Å²) in [5, 5.41) is 12.6. The summed E-state index contributed by atoms with van der Waals surface area (Å²) in [5.41, 5.74) is 6.40. The zero-order chi connectivity index (χ0) is 19.3. The van der Waals surface area contributed by atoms with Gasteiger partial charge < -0.3 is 15.2 Å². The number of methoxy groups -OCH3 is 1. The molecule has 26 heavy (non-hydrogen) atoms. The summed E-state index contributed by atoms with van der Waals surface area (Å²) in [6, 6.07) is 6.19. The molecule has 1 aromatic carbocycles. The van der Waals surface area contributed by atoms with Crippen molar-refractivity contribution < 1.29 is 27.4 Å². The maximum Gasteiger partial charge on any atom is 0.422 e. The molecule has 1 heterocycles. The highest BCUT2D eigenvalue weighted by atomic mass is 19.4. The number of nitrogens with two attached hydrogens (primary N) is 1. The van der Waals surface area contributed by atoms with E-state index in [9.17, 15) is 18.0 Å². The molecule has 10 heteroatoms. The van der Waals surface area contributed by atoms with Crippen molar-refractivity contribution >= 4 is 11.7 Å². The molecule has 0 bridgehead atoms. The number of rotatable bonds is 6. The molecule has 2 rings (SSSR count). The fourth-order valence-corrected chi connectivity index (χ4v) is 2.15. The Balaban J connectivity index is 2.04. The molecule has 0 radical (unpaired) electrons. The number of hydrogen-bond acceptors (Lipinski definition) is 6. The second-order valence-corrected chi connectivity index (χ2v) is 5.25. The van der Waals surface area contributed by atoms with Gasteiger partial charge in [-0.15, -0.1) is 0 Å². The molecular formula is C16H15F3N4O3. The van der Waals surface area contributed by atoms with Crippen LogP contribution in [0.3, 0.4) is 0 Å². The maximum atomic E-state index is 12.2. The molecule has 0 saturated heterocycles. The number of nitrogen functional groups attached to an aromatic ring is 1. The minimum absolute atomic E-state index is 0.0304. The molecule has 7 nitrogen and oxygen atoms in total. The number of ether oxygens (including phenoxy) is 2. The highest BCUT2D eigenvalue weighted by Gasteiger charge is 2.29. The molecule has 0 atom stereocenters. The molecule has 0 unspecified atom stereocenters. The Morgan fingerprint density at radius 2 is 2.12 bits per heavy atom. The number of nitrogens with zero attached hydrogens (tertiary/aromatic N) is 3. The Morgan fingerprint density at radius 3 is 2.69 bits per heavy atom. The Labute approximate surface area is 146 Å². The summed E-state index contributed by atoms with van der Waals surface area (Å²) in [6.45, 7) is -1.43. The monoisotopic (exact) mass is 368 g/mol. The first-order chi connectivity index (χ1) is 12.2. The Bertz CT molecular complexity index is 840. The molecule has 2 aromatic rings. The topological polar surface area (TPSA) is 103 Å². The van der Waals surface area contributed by atoms with E-state index in [1.54, 1.807) is 0 Å². The summed E-state index contributed by atoms with van der Waals surface area (Å²) in [6.07, 6.45) is -2.95. The van der Waals surface area contributed by atoms with Crippen LogP contribution in [0.15, 0.2) is 24.4 Å². The van der Waals surface area contributed by atoms with Crippen molar-refractivity contribution in [3.05, 3.63) is 35.5 Å². The molecule has 138 valence electrons. The van der Waals surface area contributed by atoms with Crippen LogP contribution in [0.25, 0.3) is 0 Å². The zero-order valence-electron chi connectivity index (χ0n) is 13.7. The van der Waals surface area contributed by atoms with E-state index in [1.165, 1.54) is 31.5 Å². The molecule has 0 aliphatic heterocycles. The summed E-state index contributed by atoms with van der Waals surface area (Å²) < 4.78 is 47.4. The number of hydrogen-bond donors (Lipinski definition) is 1. The van der Waals surface area contributed by atoms with Crippen molar-refractivity contribution in [1.82, 2.24) is 9.78 Å². The predicted octanol–water partition coefficient (Wildman–Crippen LogP) is 2.56. The van der Waals surface area contributed by atoms with E-state index in [4.69, 9.17) is 20.5 Å². The Kier molecular flexibility index (Phi) is 5.71. The number of anilines is 1. The van der Waals surface area contributed by atoms with Crippen LogP contribution < -0.4 is 15.2 Å². The van der Waals surface area contributed by atoms with Gasteiger partial charge in [0.1, 0.15) is 17.5 Å². The van der Waals surface area contributed by atoms with E-state index in [0.717, 1.165) is 4.68 Å². The van der Waals surface area contributed by atoms with Gasteiger partial charge in [-0.25, -0.2) is 0 Å². The van der Waals surface area contributed by atoms with E-state index in [0.29, 0.717) is 5.56 Å². The summed E-state index contributed by atoms with van der Waals surface area (Å²) in [7, 11) is 1.30. The van der Waals surface area contributed by atoms with Crippen LogP contribution in [0.2, 0.25) is 0 Å². The average molecular weight is 368 g/mol. The first kappa shape index (κ1) is 19.1. The van der Waals surface area contributed by atoms with Gasteiger partial charge in [-0.1, -0.05) is 6.07 Å². The van der Waals surface area contributed by atoms with Crippen LogP contribution in [-0.4, -0.2) is 35.6 Å². The highest BCUT2D eigenvalue weighted by molar-refractivity contribution is 5.82. The van der Waals surface area contributed by atoms with E-state index in [2.05, 4.69) is 5.10 Å². The van der Waals surface area contributed by atoms with Crippen molar-refractivity contribution in [2.24, 2.45) is 0 Å².